The van der Waals surface area contributed by atoms with Gasteiger partial charge in [-0.05, 0) is 34.7 Å². The van der Waals surface area contributed by atoms with Crippen LogP contribution in [0.15, 0.2) is 42.6 Å². The third-order valence-corrected chi connectivity index (χ3v) is 4.34. The van der Waals surface area contributed by atoms with Gasteiger partial charge < -0.3 is 15.0 Å². The molecule has 1 aliphatic heterocycles. The molecule has 27 heavy (non-hydrogen) atoms. The molecule has 1 amide bonds. The molecule has 3 aromatic rings. The summed E-state index contributed by atoms with van der Waals surface area (Å²) in [5.41, 5.74) is 1.98. The molecule has 4 rings (SSSR count). The first kappa shape index (κ1) is 17.1. The topological polar surface area (TPSA) is 98.1 Å². The van der Waals surface area contributed by atoms with Crippen LogP contribution in [-0.2, 0) is 11.8 Å². The van der Waals surface area contributed by atoms with E-state index in [0.29, 0.717) is 30.3 Å². The second kappa shape index (κ2) is 7.50. The van der Waals surface area contributed by atoms with Crippen LogP contribution >= 0.6 is 0 Å². The lowest BCUT2D eigenvalue weighted by Gasteiger charge is -2.27. The van der Waals surface area contributed by atoms with E-state index in [4.69, 9.17) is 4.74 Å². The van der Waals surface area contributed by atoms with Gasteiger partial charge in [-0.15, -0.1) is 5.10 Å². The maximum absolute atomic E-state index is 12.5. The lowest BCUT2D eigenvalue weighted by Crippen LogP contribution is -2.36. The number of nitrogens with zero attached hydrogens (tertiary/aromatic N) is 6. The van der Waals surface area contributed by atoms with Crippen molar-refractivity contribution in [3.8, 4) is 11.4 Å². The number of anilines is 2. The number of morpholine rings is 1. The molecule has 0 radical (unpaired) electrons. The van der Waals surface area contributed by atoms with Crippen molar-refractivity contribution in [3.63, 3.8) is 0 Å². The normalized spacial score (nSPS) is 14.2. The second-order valence-corrected chi connectivity index (χ2v) is 6.17. The average Bonchev–Trinajstić information content (AvgIpc) is 3.15. The van der Waals surface area contributed by atoms with E-state index in [-0.39, 0.29) is 5.91 Å². The van der Waals surface area contributed by atoms with E-state index < -0.39 is 0 Å². The Morgan fingerprint density at radius 2 is 2.04 bits per heavy atom. The molecule has 3 heterocycles. The first-order valence-electron chi connectivity index (χ1n) is 8.63. The molecule has 1 N–H and O–H groups in total. The van der Waals surface area contributed by atoms with Crippen molar-refractivity contribution >= 4 is 17.4 Å². The lowest BCUT2D eigenvalue weighted by atomic mass is 10.2. The van der Waals surface area contributed by atoms with E-state index in [0.717, 1.165) is 24.5 Å². The summed E-state index contributed by atoms with van der Waals surface area (Å²) in [5.74, 6) is 1.26. The van der Waals surface area contributed by atoms with Crippen LogP contribution in [0.25, 0.3) is 11.4 Å². The minimum Gasteiger partial charge on any atom is -0.378 e. The minimum atomic E-state index is -0.218. The van der Waals surface area contributed by atoms with E-state index >= 15 is 0 Å². The molecule has 0 spiro atoms. The number of rotatable bonds is 4. The van der Waals surface area contributed by atoms with Crippen LogP contribution in [0.1, 0.15) is 10.4 Å². The van der Waals surface area contributed by atoms with Gasteiger partial charge in [0.15, 0.2) is 5.82 Å². The summed E-state index contributed by atoms with van der Waals surface area (Å²) in [5, 5.41) is 14.3. The van der Waals surface area contributed by atoms with Gasteiger partial charge in [0, 0.05) is 37.6 Å². The number of amides is 1. The van der Waals surface area contributed by atoms with Gasteiger partial charge in [0.25, 0.3) is 5.91 Å². The molecule has 0 saturated carbocycles. The van der Waals surface area contributed by atoms with Crippen molar-refractivity contribution in [2.24, 2.45) is 7.05 Å². The Bertz CT molecular complexity index is 933. The van der Waals surface area contributed by atoms with Gasteiger partial charge in [-0.3, -0.25) is 4.79 Å². The SMILES string of the molecule is Cn1nnnc1-c1cccc(NC(=O)c2ccc(N3CCOCC3)nc2)c1. The van der Waals surface area contributed by atoms with Crippen LogP contribution in [0.2, 0.25) is 0 Å². The Kier molecular flexibility index (Phi) is 4.75. The quantitative estimate of drug-likeness (QED) is 0.745. The summed E-state index contributed by atoms with van der Waals surface area (Å²) in [4.78, 5) is 19.1. The van der Waals surface area contributed by atoms with Crippen LogP contribution in [0.3, 0.4) is 0 Å². The van der Waals surface area contributed by atoms with Gasteiger partial charge in [0.1, 0.15) is 5.82 Å². The van der Waals surface area contributed by atoms with Crippen molar-refractivity contribution in [2.45, 2.75) is 0 Å². The van der Waals surface area contributed by atoms with E-state index in [1.807, 2.05) is 30.3 Å². The number of ether oxygens (including phenoxy) is 1. The number of carbonyl (C=O) groups is 1. The number of tetrazole rings is 1. The molecule has 1 aliphatic rings. The molecule has 1 fully saturated rings. The number of aryl methyl sites for hydroxylation is 1. The Morgan fingerprint density at radius 3 is 2.74 bits per heavy atom. The fourth-order valence-electron chi connectivity index (χ4n) is 2.91. The third-order valence-electron chi connectivity index (χ3n) is 4.34. The van der Waals surface area contributed by atoms with Gasteiger partial charge in [-0.2, -0.15) is 0 Å². The molecular weight excluding hydrogens is 346 g/mol. The number of hydrogen-bond donors (Lipinski definition) is 1. The number of aromatic nitrogens is 5. The minimum absolute atomic E-state index is 0.218. The lowest BCUT2D eigenvalue weighted by molar-refractivity contribution is 0.102. The van der Waals surface area contributed by atoms with Gasteiger partial charge in [0.2, 0.25) is 0 Å². The van der Waals surface area contributed by atoms with Gasteiger partial charge in [0.05, 0.1) is 18.8 Å². The monoisotopic (exact) mass is 365 g/mol. The predicted octanol–water partition coefficient (Wildman–Crippen LogP) is 1.36. The zero-order valence-corrected chi connectivity index (χ0v) is 14.9. The Labute approximate surface area is 156 Å². The highest BCUT2D eigenvalue weighted by atomic mass is 16.5. The van der Waals surface area contributed by atoms with Crippen molar-refractivity contribution in [3.05, 3.63) is 48.2 Å². The number of benzene rings is 1. The molecule has 0 aliphatic carbocycles. The highest BCUT2D eigenvalue weighted by Gasteiger charge is 2.14. The largest absolute Gasteiger partial charge is 0.378 e. The van der Waals surface area contributed by atoms with E-state index in [9.17, 15) is 4.79 Å². The highest BCUT2D eigenvalue weighted by Crippen LogP contribution is 2.20. The summed E-state index contributed by atoms with van der Waals surface area (Å²) in [6.45, 7) is 3.01. The first-order chi connectivity index (χ1) is 13.2. The molecular formula is C18H19N7O2. The van der Waals surface area contributed by atoms with Crippen LogP contribution in [-0.4, -0.2) is 57.4 Å². The second-order valence-electron chi connectivity index (χ2n) is 6.17. The maximum atomic E-state index is 12.5. The molecule has 0 bridgehead atoms. The molecule has 1 aromatic carbocycles. The van der Waals surface area contributed by atoms with Gasteiger partial charge in [-0.1, -0.05) is 12.1 Å². The third kappa shape index (κ3) is 3.77. The number of carbonyl (C=O) groups excluding carboxylic acids is 1. The Balaban J connectivity index is 1.47. The van der Waals surface area contributed by atoms with E-state index in [1.165, 1.54) is 0 Å². The van der Waals surface area contributed by atoms with Crippen LogP contribution < -0.4 is 10.2 Å². The summed E-state index contributed by atoms with van der Waals surface area (Å²) in [6, 6.07) is 11.0. The fraction of sp³-hybridized carbons (Fsp3) is 0.278. The van der Waals surface area contributed by atoms with E-state index in [2.05, 4.69) is 30.7 Å². The predicted molar refractivity (Wildman–Crippen MR) is 99.5 cm³/mol. The molecule has 9 nitrogen and oxygen atoms in total. The van der Waals surface area contributed by atoms with Crippen molar-refractivity contribution in [1.82, 2.24) is 25.2 Å². The number of pyridine rings is 1. The van der Waals surface area contributed by atoms with Crippen molar-refractivity contribution < 1.29 is 9.53 Å². The summed E-state index contributed by atoms with van der Waals surface area (Å²) < 4.78 is 6.92. The standard InChI is InChI=1S/C18H19N7O2/c1-24-17(21-22-23-24)13-3-2-4-15(11-13)20-18(26)14-5-6-16(19-12-14)25-7-9-27-10-8-25/h2-6,11-12H,7-10H2,1H3,(H,20,26). The van der Waals surface area contributed by atoms with Crippen LogP contribution in [0, 0.1) is 0 Å². The summed E-state index contributed by atoms with van der Waals surface area (Å²) >= 11 is 0. The van der Waals surface area contributed by atoms with Crippen molar-refractivity contribution in [1.29, 1.82) is 0 Å². The summed E-state index contributed by atoms with van der Waals surface area (Å²) in [7, 11) is 1.77. The molecule has 0 unspecified atom stereocenters. The molecule has 2 aromatic heterocycles. The molecule has 1 saturated heterocycles. The highest BCUT2D eigenvalue weighted by molar-refractivity contribution is 6.04. The zero-order chi connectivity index (χ0) is 18.6. The van der Waals surface area contributed by atoms with Crippen molar-refractivity contribution in [2.75, 3.05) is 36.5 Å². The Hall–Kier alpha value is -3.33. The Morgan fingerprint density at radius 1 is 1.19 bits per heavy atom. The zero-order valence-electron chi connectivity index (χ0n) is 14.9. The van der Waals surface area contributed by atoms with Crippen LogP contribution in [0.4, 0.5) is 11.5 Å². The van der Waals surface area contributed by atoms with Crippen LogP contribution in [0.5, 0.6) is 0 Å². The first-order valence-corrected chi connectivity index (χ1v) is 8.63. The molecule has 0 atom stereocenters. The van der Waals surface area contributed by atoms with Gasteiger partial charge >= 0.3 is 0 Å². The maximum Gasteiger partial charge on any atom is 0.257 e. The smallest absolute Gasteiger partial charge is 0.257 e. The number of nitrogens with one attached hydrogen (secondary N) is 1. The average molecular weight is 365 g/mol. The fourth-order valence-corrected chi connectivity index (χ4v) is 2.91. The van der Waals surface area contributed by atoms with Gasteiger partial charge in [-0.25, -0.2) is 9.67 Å². The van der Waals surface area contributed by atoms with E-state index in [1.54, 1.807) is 24.0 Å². The molecule has 138 valence electrons. The number of hydrogen-bond acceptors (Lipinski definition) is 7. The molecule has 9 heteroatoms. The summed E-state index contributed by atoms with van der Waals surface area (Å²) in [6.07, 6.45) is 1.59.